The van der Waals surface area contributed by atoms with Crippen LogP contribution in [0.2, 0.25) is 0 Å². The number of pyridine rings is 1. The second-order valence-corrected chi connectivity index (χ2v) is 8.34. The normalized spacial score (nSPS) is 19.9. The third kappa shape index (κ3) is 4.44. The summed E-state index contributed by atoms with van der Waals surface area (Å²) in [6.45, 7) is 6.24. The molecule has 1 saturated heterocycles. The van der Waals surface area contributed by atoms with Crippen LogP contribution in [-0.2, 0) is 0 Å². The predicted octanol–water partition coefficient (Wildman–Crippen LogP) is 4.37. The Morgan fingerprint density at radius 2 is 1.90 bits per heavy atom. The van der Waals surface area contributed by atoms with Crippen LogP contribution in [0.25, 0.3) is 11.5 Å². The number of nitrogens with one attached hydrogen (secondary N) is 1. The molecule has 0 unspecified atom stereocenters. The van der Waals surface area contributed by atoms with Gasteiger partial charge in [-0.15, -0.1) is 0 Å². The van der Waals surface area contributed by atoms with Crippen LogP contribution >= 0.6 is 0 Å². The first kappa shape index (κ1) is 18.2. The molecule has 1 aliphatic heterocycles. The van der Waals surface area contributed by atoms with Crippen LogP contribution in [-0.4, -0.2) is 38.7 Å². The zero-order chi connectivity index (χ0) is 19.8. The number of nitrogens with zero attached hydrogens (tertiary/aromatic N) is 6. The molecule has 150 valence electrons. The molecule has 7 heteroatoms. The molecule has 1 N–H and O–H groups in total. The van der Waals surface area contributed by atoms with Gasteiger partial charge in [-0.2, -0.15) is 15.0 Å². The van der Waals surface area contributed by atoms with E-state index in [1.165, 1.54) is 32.1 Å². The third-order valence-electron chi connectivity index (χ3n) is 5.63. The molecule has 2 aliphatic carbocycles. The van der Waals surface area contributed by atoms with Crippen molar-refractivity contribution in [1.29, 1.82) is 0 Å². The van der Waals surface area contributed by atoms with Crippen molar-refractivity contribution in [2.75, 3.05) is 23.3 Å². The van der Waals surface area contributed by atoms with E-state index in [4.69, 9.17) is 9.98 Å². The molecule has 0 atom stereocenters. The standard InChI is InChI=1S/C22H27N7/c1-14(13-16-7-8-16)23-21-26-20(27-22(28-21)24-15(2)17-9-10-17)18-5-3-6-19(25-18)29-11-4-12-29/h3,5-6,13,16-17H,4,7-12H2,1-2H3,(H,23,26,27,28). The Hall–Kier alpha value is -2.83. The fourth-order valence-electron chi connectivity index (χ4n) is 3.44. The SMILES string of the molecule is CC(=CC1CC1)Nc1nc(N=C(C)C2CC2)nc(-c2cccc(N3CCC3)n2)n1. The quantitative estimate of drug-likeness (QED) is 0.708. The van der Waals surface area contributed by atoms with Gasteiger partial charge < -0.3 is 10.2 Å². The summed E-state index contributed by atoms with van der Waals surface area (Å²) >= 11 is 0. The molecule has 3 aliphatic rings. The van der Waals surface area contributed by atoms with Crippen molar-refractivity contribution >= 4 is 23.4 Å². The largest absolute Gasteiger partial charge is 0.356 e. The summed E-state index contributed by atoms with van der Waals surface area (Å²) in [7, 11) is 0. The number of hydrogen-bond donors (Lipinski definition) is 1. The van der Waals surface area contributed by atoms with Gasteiger partial charge in [-0.05, 0) is 69.9 Å². The van der Waals surface area contributed by atoms with E-state index in [0.29, 0.717) is 29.6 Å². The number of allylic oxidation sites excluding steroid dienone is 2. The monoisotopic (exact) mass is 389 g/mol. The Kier molecular flexibility index (Phi) is 4.73. The Bertz CT molecular complexity index is 969. The lowest BCUT2D eigenvalue weighted by molar-refractivity contribution is 0.610. The van der Waals surface area contributed by atoms with E-state index in [0.717, 1.165) is 36.0 Å². The molecule has 5 rings (SSSR count). The lowest BCUT2D eigenvalue weighted by Gasteiger charge is -2.32. The van der Waals surface area contributed by atoms with E-state index >= 15 is 0 Å². The molecule has 0 amide bonds. The molecule has 7 nitrogen and oxygen atoms in total. The Balaban J connectivity index is 1.49. The minimum atomic E-state index is 0.456. The van der Waals surface area contributed by atoms with Crippen LogP contribution in [0.15, 0.2) is 35.0 Å². The highest BCUT2D eigenvalue weighted by atomic mass is 15.2. The van der Waals surface area contributed by atoms with Crippen LogP contribution in [0.4, 0.5) is 17.7 Å². The molecule has 2 aromatic rings. The average Bonchev–Trinajstić information content (AvgIpc) is 3.54. The van der Waals surface area contributed by atoms with Crippen LogP contribution in [0.3, 0.4) is 0 Å². The maximum Gasteiger partial charge on any atom is 0.254 e. The van der Waals surface area contributed by atoms with Gasteiger partial charge >= 0.3 is 0 Å². The fraction of sp³-hybridized carbons (Fsp3) is 0.500. The van der Waals surface area contributed by atoms with E-state index in [2.05, 4.69) is 45.1 Å². The third-order valence-corrected chi connectivity index (χ3v) is 5.63. The van der Waals surface area contributed by atoms with E-state index in [1.54, 1.807) is 0 Å². The van der Waals surface area contributed by atoms with Crippen molar-refractivity contribution in [3.63, 3.8) is 0 Å². The highest BCUT2D eigenvalue weighted by molar-refractivity contribution is 5.88. The Labute approximate surface area is 171 Å². The van der Waals surface area contributed by atoms with E-state index < -0.39 is 0 Å². The number of rotatable bonds is 7. The summed E-state index contributed by atoms with van der Waals surface area (Å²) in [5.74, 6) is 3.79. The van der Waals surface area contributed by atoms with E-state index in [1.807, 2.05) is 18.2 Å². The number of hydrogen-bond acceptors (Lipinski definition) is 7. The van der Waals surface area contributed by atoms with Crippen molar-refractivity contribution in [3.05, 3.63) is 30.0 Å². The molecule has 3 fully saturated rings. The highest BCUT2D eigenvalue weighted by Crippen LogP contribution is 2.32. The van der Waals surface area contributed by atoms with Crippen molar-refractivity contribution in [3.8, 4) is 11.5 Å². The van der Waals surface area contributed by atoms with Gasteiger partial charge in [0.05, 0.1) is 0 Å². The van der Waals surface area contributed by atoms with Crippen LogP contribution in [0.1, 0.15) is 46.0 Å². The fourth-order valence-corrected chi connectivity index (χ4v) is 3.44. The maximum atomic E-state index is 4.79. The summed E-state index contributed by atoms with van der Waals surface area (Å²) in [6, 6.07) is 6.02. The van der Waals surface area contributed by atoms with Gasteiger partial charge in [-0.25, -0.2) is 9.98 Å². The highest BCUT2D eigenvalue weighted by Gasteiger charge is 2.25. The summed E-state index contributed by atoms with van der Waals surface area (Å²) < 4.78 is 0. The molecular weight excluding hydrogens is 362 g/mol. The van der Waals surface area contributed by atoms with Crippen molar-refractivity contribution in [1.82, 2.24) is 19.9 Å². The molecule has 0 aromatic carbocycles. The van der Waals surface area contributed by atoms with Gasteiger partial charge in [0, 0.05) is 24.5 Å². The van der Waals surface area contributed by atoms with Gasteiger partial charge in [-0.3, -0.25) is 0 Å². The molecular formula is C22H27N7. The van der Waals surface area contributed by atoms with E-state index in [9.17, 15) is 0 Å². The number of aliphatic imine (C=N–C) groups is 1. The minimum absolute atomic E-state index is 0.456. The lowest BCUT2D eigenvalue weighted by atomic mass is 10.2. The van der Waals surface area contributed by atoms with Gasteiger partial charge in [0.15, 0.2) is 5.82 Å². The van der Waals surface area contributed by atoms with Gasteiger partial charge in [0.2, 0.25) is 5.95 Å². The van der Waals surface area contributed by atoms with Crippen LogP contribution in [0.5, 0.6) is 0 Å². The second kappa shape index (κ2) is 7.54. The zero-order valence-corrected chi connectivity index (χ0v) is 17.1. The number of anilines is 2. The summed E-state index contributed by atoms with van der Waals surface area (Å²) in [4.78, 5) is 25.6. The first-order valence-electron chi connectivity index (χ1n) is 10.6. The molecule has 29 heavy (non-hydrogen) atoms. The summed E-state index contributed by atoms with van der Waals surface area (Å²) in [5, 5.41) is 3.33. The van der Waals surface area contributed by atoms with E-state index in [-0.39, 0.29) is 0 Å². The predicted molar refractivity (Wildman–Crippen MR) is 115 cm³/mol. The first-order chi connectivity index (χ1) is 14.1. The van der Waals surface area contributed by atoms with Crippen molar-refractivity contribution < 1.29 is 0 Å². The molecule has 0 radical (unpaired) electrons. The first-order valence-corrected chi connectivity index (χ1v) is 10.6. The topological polar surface area (TPSA) is 79.2 Å². The Morgan fingerprint density at radius 3 is 2.59 bits per heavy atom. The molecule has 0 bridgehead atoms. The zero-order valence-electron chi connectivity index (χ0n) is 17.1. The average molecular weight is 390 g/mol. The number of aromatic nitrogens is 4. The lowest BCUT2D eigenvalue weighted by Crippen LogP contribution is -2.37. The van der Waals surface area contributed by atoms with Gasteiger partial charge in [0.25, 0.3) is 5.95 Å². The Morgan fingerprint density at radius 1 is 1.07 bits per heavy atom. The second-order valence-electron chi connectivity index (χ2n) is 8.34. The summed E-state index contributed by atoms with van der Waals surface area (Å²) in [6.07, 6.45) is 8.43. The van der Waals surface area contributed by atoms with Gasteiger partial charge in [-0.1, -0.05) is 12.1 Å². The van der Waals surface area contributed by atoms with Crippen LogP contribution < -0.4 is 10.2 Å². The van der Waals surface area contributed by atoms with Crippen molar-refractivity contribution in [2.24, 2.45) is 16.8 Å². The molecule has 2 saturated carbocycles. The van der Waals surface area contributed by atoms with Gasteiger partial charge in [0.1, 0.15) is 11.5 Å². The molecule has 2 aromatic heterocycles. The van der Waals surface area contributed by atoms with Crippen molar-refractivity contribution in [2.45, 2.75) is 46.0 Å². The summed E-state index contributed by atoms with van der Waals surface area (Å²) in [5.41, 5.74) is 2.92. The smallest absolute Gasteiger partial charge is 0.254 e. The van der Waals surface area contributed by atoms with Crippen LogP contribution in [0, 0.1) is 11.8 Å². The molecule has 0 spiro atoms. The maximum absolute atomic E-state index is 4.79. The minimum Gasteiger partial charge on any atom is -0.356 e. The molecule has 3 heterocycles.